The van der Waals surface area contributed by atoms with Crippen LogP contribution in [0, 0.1) is 10.1 Å². The number of halogens is 1. The summed E-state index contributed by atoms with van der Waals surface area (Å²) in [4.78, 5) is 25.6. The van der Waals surface area contributed by atoms with Crippen molar-refractivity contribution in [2.24, 2.45) is 0 Å². The minimum absolute atomic E-state index is 0.0452. The van der Waals surface area contributed by atoms with Gasteiger partial charge in [-0.2, -0.15) is 0 Å². The summed E-state index contributed by atoms with van der Waals surface area (Å²) in [6.07, 6.45) is 1.60. The molecule has 0 aliphatic carbocycles. The number of non-ortho nitro benzene ring substituents is 1. The van der Waals surface area contributed by atoms with Gasteiger partial charge in [0.25, 0.3) is 11.2 Å². The van der Waals surface area contributed by atoms with E-state index in [1.54, 1.807) is 18.3 Å². The molecule has 0 spiro atoms. The number of nitro benzene ring substituents is 1. The van der Waals surface area contributed by atoms with Gasteiger partial charge in [0.2, 0.25) is 0 Å². The Morgan fingerprint density at radius 3 is 2.50 bits per heavy atom. The van der Waals surface area contributed by atoms with Crippen molar-refractivity contribution in [1.82, 2.24) is 4.98 Å². The minimum atomic E-state index is -0.436. The zero-order valence-corrected chi connectivity index (χ0v) is 12.3. The van der Waals surface area contributed by atoms with E-state index in [1.165, 1.54) is 23.5 Å². The number of pyridine rings is 1. The number of nitrogens with zero attached hydrogens (tertiary/aromatic N) is 1. The number of hydrogen-bond donors (Lipinski definition) is 1. The highest BCUT2D eigenvalue weighted by atomic mass is 79.9. The van der Waals surface area contributed by atoms with Crippen molar-refractivity contribution >= 4 is 43.0 Å². The molecule has 100 valence electrons. The number of fused-ring (bicyclic) bond motifs is 1. The second-order valence-corrected chi connectivity index (χ2v) is 5.94. The first-order valence-corrected chi connectivity index (χ1v) is 7.23. The van der Waals surface area contributed by atoms with Crippen LogP contribution in [0.15, 0.2) is 45.8 Å². The number of nitrogens with one attached hydrogen (secondary N) is 1. The number of thiophene rings is 1. The predicted molar refractivity (Wildman–Crippen MR) is 82.2 cm³/mol. The van der Waals surface area contributed by atoms with E-state index in [2.05, 4.69) is 20.9 Å². The van der Waals surface area contributed by atoms with Gasteiger partial charge in [-0.3, -0.25) is 14.9 Å². The SMILES string of the molecule is O=c1[nH]ccc2sc(-c3ccc([N+](=O)[O-])cc3)c(Br)c12. The fourth-order valence-electron chi connectivity index (χ4n) is 1.94. The maximum Gasteiger partial charge on any atom is 0.269 e. The molecule has 0 fully saturated rings. The Kier molecular flexibility index (Phi) is 3.15. The maximum atomic E-state index is 11.8. The van der Waals surface area contributed by atoms with Crippen molar-refractivity contribution in [3.8, 4) is 10.4 Å². The quantitative estimate of drug-likeness (QED) is 0.561. The van der Waals surface area contributed by atoms with Crippen molar-refractivity contribution in [2.75, 3.05) is 0 Å². The predicted octanol–water partition coefficient (Wildman–Crippen LogP) is 3.93. The van der Waals surface area contributed by atoms with E-state index >= 15 is 0 Å². The van der Waals surface area contributed by atoms with Crippen LogP contribution in [-0.4, -0.2) is 9.91 Å². The number of aromatic amines is 1. The van der Waals surface area contributed by atoms with Gasteiger partial charge in [-0.1, -0.05) is 0 Å². The summed E-state index contributed by atoms with van der Waals surface area (Å²) in [5.74, 6) is 0. The molecule has 0 saturated heterocycles. The summed E-state index contributed by atoms with van der Waals surface area (Å²) in [7, 11) is 0. The van der Waals surface area contributed by atoms with Crippen LogP contribution < -0.4 is 5.56 Å². The average Bonchev–Trinajstić information content (AvgIpc) is 2.77. The van der Waals surface area contributed by atoms with Crippen LogP contribution in [0.1, 0.15) is 0 Å². The molecule has 0 amide bonds. The van der Waals surface area contributed by atoms with Gasteiger partial charge in [-0.05, 0) is 39.7 Å². The normalized spacial score (nSPS) is 10.8. The lowest BCUT2D eigenvalue weighted by Gasteiger charge is -1.98. The standard InChI is InChI=1S/C13H7BrN2O3S/c14-11-10-9(5-6-15-13(10)17)20-12(11)7-1-3-8(4-2-7)16(18)19/h1-6H,(H,15,17). The molecule has 2 heterocycles. The number of aromatic nitrogens is 1. The number of rotatable bonds is 2. The molecule has 5 nitrogen and oxygen atoms in total. The Morgan fingerprint density at radius 1 is 1.20 bits per heavy atom. The summed E-state index contributed by atoms with van der Waals surface area (Å²) in [5, 5.41) is 11.3. The maximum absolute atomic E-state index is 11.8. The fourth-order valence-corrected chi connectivity index (χ4v) is 4.04. The first kappa shape index (κ1) is 13.0. The summed E-state index contributed by atoms with van der Waals surface area (Å²) in [5.41, 5.74) is 0.727. The van der Waals surface area contributed by atoms with Crippen LogP contribution in [0.25, 0.3) is 20.5 Å². The Morgan fingerprint density at radius 2 is 1.90 bits per heavy atom. The van der Waals surface area contributed by atoms with Gasteiger partial charge in [0.1, 0.15) is 0 Å². The third-order valence-electron chi connectivity index (χ3n) is 2.89. The molecule has 0 bridgehead atoms. The number of benzene rings is 1. The van der Waals surface area contributed by atoms with Gasteiger partial charge in [-0.15, -0.1) is 11.3 Å². The van der Waals surface area contributed by atoms with Gasteiger partial charge in [-0.25, -0.2) is 0 Å². The molecule has 20 heavy (non-hydrogen) atoms. The van der Waals surface area contributed by atoms with Crippen molar-refractivity contribution in [2.45, 2.75) is 0 Å². The van der Waals surface area contributed by atoms with Crippen molar-refractivity contribution in [3.63, 3.8) is 0 Å². The Bertz CT molecular complexity index is 867. The molecule has 1 aromatic carbocycles. The smallest absolute Gasteiger partial charge is 0.269 e. The third-order valence-corrected chi connectivity index (χ3v) is 5.15. The lowest BCUT2D eigenvalue weighted by atomic mass is 10.1. The second-order valence-electron chi connectivity index (χ2n) is 4.10. The summed E-state index contributed by atoms with van der Waals surface area (Å²) in [6, 6.07) is 8.11. The molecular formula is C13H7BrN2O3S. The van der Waals surface area contributed by atoms with Crippen LogP contribution in [0.4, 0.5) is 5.69 Å². The highest BCUT2D eigenvalue weighted by Gasteiger charge is 2.15. The second kappa shape index (κ2) is 4.84. The first-order valence-electron chi connectivity index (χ1n) is 5.62. The third kappa shape index (κ3) is 2.04. The summed E-state index contributed by atoms with van der Waals surface area (Å²) in [6.45, 7) is 0. The highest BCUT2D eigenvalue weighted by Crippen LogP contribution is 2.40. The van der Waals surface area contributed by atoms with Crippen LogP contribution >= 0.6 is 27.3 Å². The van der Waals surface area contributed by atoms with Crippen molar-refractivity contribution in [1.29, 1.82) is 0 Å². The highest BCUT2D eigenvalue weighted by molar-refractivity contribution is 9.10. The molecule has 1 N–H and O–H groups in total. The lowest BCUT2D eigenvalue weighted by Crippen LogP contribution is -2.02. The lowest BCUT2D eigenvalue weighted by molar-refractivity contribution is -0.384. The Balaban J connectivity index is 2.19. The van der Waals surface area contributed by atoms with Crippen molar-refractivity contribution in [3.05, 3.63) is 61.5 Å². The molecule has 3 aromatic rings. The van der Waals surface area contributed by atoms with Crippen molar-refractivity contribution < 1.29 is 4.92 Å². The number of H-pyrrole nitrogens is 1. The van der Waals surface area contributed by atoms with Gasteiger partial charge < -0.3 is 4.98 Å². The van der Waals surface area contributed by atoms with E-state index in [0.717, 1.165) is 15.1 Å². The molecule has 0 atom stereocenters. The van der Waals surface area contributed by atoms with E-state index in [-0.39, 0.29) is 11.2 Å². The van der Waals surface area contributed by atoms with E-state index in [1.807, 2.05) is 6.07 Å². The molecule has 0 saturated carbocycles. The Labute approximate surface area is 125 Å². The minimum Gasteiger partial charge on any atom is -0.328 e. The van der Waals surface area contributed by atoms with Gasteiger partial charge in [0.05, 0.1) is 10.3 Å². The molecule has 0 unspecified atom stereocenters. The summed E-state index contributed by atoms with van der Waals surface area (Å²) < 4.78 is 1.59. The number of hydrogen-bond acceptors (Lipinski definition) is 4. The average molecular weight is 351 g/mol. The summed E-state index contributed by atoms with van der Waals surface area (Å²) >= 11 is 4.91. The van der Waals surface area contributed by atoms with E-state index in [0.29, 0.717) is 9.86 Å². The zero-order chi connectivity index (χ0) is 14.3. The molecule has 0 aliphatic heterocycles. The van der Waals surface area contributed by atoms with Crippen LogP contribution in [0.3, 0.4) is 0 Å². The molecule has 0 radical (unpaired) electrons. The monoisotopic (exact) mass is 350 g/mol. The Hall–Kier alpha value is -1.99. The van der Waals surface area contributed by atoms with Gasteiger partial charge >= 0.3 is 0 Å². The fraction of sp³-hybridized carbons (Fsp3) is 0. The first-order chi connectivity index (χ1) is 9.58. The van der Waals surface area contributed by atoms with Gasteiger partial charge in [0, 0.05) is 32.4 Å². The van der Waals surface area contributed by atoms with E-state index in [4.69, 9.17) is 0 Å². The van der Waals surface area contributed by atoms with Crippen LogP contribution in [0.2, 0.25) is 0 Å². The van der Waals surface area contributed by atoms with Gasteiger partial charge in [0.15, 0.2) is 0 Å². The number of nitro groups is 1. The molecule has 2 aromatic heterocycles. The zero-order valence-electron chi connectivity index (χ0n) is 9.92. The topological polar surface area (TPSA) is 76.0 Å². The molecule has 3 rings (SSSR count). The largest absolute Gasteiger partial charge is 0.328 e. The van der Waals surface area contributed by atoms with Crippen LogP contribution in [0.5, 0.6) is 0 Å². The molecule has 7 heteroatoms. The van der Waals surface area contributed by atoms with E-state index in [9.17, 15) is 14.9 Å². The molecule has 0 aliphatic rings. The molecular weight excluding hydrogens is 344 g/mol. The van der Waals surface area contributed by atoms with Crippen LogP contribution in [-0.2, 0) is 0 Å². The van der Waals surface area contributed by atoms with E-state index < -0.39 is 4.92 Å².